The summed E-state index contributed by atoms with van der Waals surface area (Å²) in [6, 6.07) is 0. The molecule has 1 spiro atoms. The predicted molar refractivity (Wildman–Crippen MR) is 71.0 cm³/mol. The summed E-state index contributed by atoms with van der Waals surface area (Å²) in [5, 5.41) is 0. The Morgan fingerprint density at radius 3 is 2.65 bits per heavy atom. The van der Waals surface area contributed by atoms with Crippen LogP contribution in [0.3, 0.4) is 0 Å². The normalized spacial score (nSPS) is 34.1. The lowest BCUT2D eigenvalue weighted by Crippen LogP contribution is -2.44. The number of cyclic esters (lactones) is 1. The fourth-order valence-corrected chi connectivity index (χ4v) is 2.95. The van der Waals surface area contributed by atoms with E-state index in [0.717, 1.165) is 0 Å². The first-order valence-electron chi connectivity index (χ1n) is 7.20. The van der Waals surface area contributed by atoms with Crippen LogP contribution in [0.2, 0.25) is 0 Å². The molecule has 2 fully saturated rings. The zero-order chi connectivity index (χ0) is 14.9. The molecule has 0 bridgehead atoms. The van der Waals surface area contributed by atoms with E-state index in [0.29, 0.717) is 25.6 Å². The lowest BCUT2D eigenvalue weighted by molar-refractivity contribution is -0.157. The maximum atomic E-state index is 12.1. The van der Waals surface area contributed by atoms with Gasteiger partial charge in [-0.3, -0.25) is 14.4 Å². The number of ketones is 2. The summed E-state index contributed by atoms with van der Waals surface area (Å²) in [5.74, 6) is -0.671. The molecule has 1 saturated carbocycles. The third kappa shape index (κ3) is 2.77. The minimum atomic E-state index is -1.10. The molecule has 5 heteroatoms. The van der Waals surface area contributed by atoms with Crippen LogP contribution in [0, 0.1) is 17.3 Å². The number of hydrogen-bond acceptors (Lipinski definition) is 5. The Morgan fingerprint density at radius 1 is 1.30 bits per heavy atom. The molecule has 0 radical (unpaired) electrons. The molecule has 0 amide bonds. The molecule has 0 unspecified atom stereocenters. The van der Waals surface area contributed by atoms with Crippen molar-refractivity contribution in [3.05, 3.63) is 0 Å². The van der Waals surface area contributed by atoms with Crippen molar-refractivity contribution < 1.29 is 23.9 Å². The van der Waals surface area contributed by atoms with Crippen LogP contribution in [0.4, 0.5) is 0 Å². The SMILES string of the molecule is CC(C)COC[C@H]1C[C@@]2(C[C@@H](C)C(=O)CC2=O)C(=O)O1. The predicted octanol–water partition coefficient (Wildman–Crippen LogP) is 1.53. The summed E-state index contributed by atoms with van der Waals surface area (Å²) in [7, 11) is 0. The minimum absolute atomic E-state index is 0.0760. The monoisotopic (exact) mass is 282 g/mol. The Bertz CT molecular complexity index is 428. The van der Waals surface area contributed by atoms with Crippen LogP contribution >= 0.6 is 0 Å². The molecular formula is C15H22O5. The second-order valence-electron chi connectivity index (χ2n) is 6.42. The summed E-state index contributed by atoms with van der Waals surface area (Å²) < 4.78 is 10.8. The molecule has 2 rings (SSSR count). The summed E-state index contributed by atoms with van der Waals surface area (Å²) in [6.45, 7) is 6.78. The van der Waals surface area contributed by atoms with Crippen molar-refractivity contribution in [1.29, 1.82) is 0 Å². The van der Waals surface area contributed by atoms with E-state index in [9.17, 15) is 14.4 Å². The van der Waals surface area contributed by atoms with Crippen LogP contribution in [-0.2, 0) is 23.9 Å². The molecule has 1 aliphatic heterocycles. The van der Waals surface area contributed by atoms with Gasteiger partial charge in [0.25, 0.3) is 0 Å². The Morgan fingerprint density at radius 2 is 2.00 bits per heavy atom. The van der Waals surface area contributed by atoms with Gasteiger partial charge in [-0.2, -0.15) is 0 Å². The van der Waals surface area contributed by atoms with Gasteiger partial charge in [-0.1, -0.05) is 20.8 Å². The molecule has 20 heavy (non-hydrogen) atoms. The van der Waals surface area contributed by atoms with E-state index < -0.39 is 11.4 Å². The van der Waals surface area contributed by atoms with Crippen molar-refractivity contribution in [1.82, 2.24) is 0 Å². The first-order chi connectivity index (χ1) is 9.35. The average Bonchev–Trinajstić information content (AvgIpc) is 2.64. The van der Waals surface area contributed by atoms with E-state index in [2.05, 4.69) is 0 Å². The van der Waals surface area contributed by atoms with Crippen LogP contribution < -0.4 is 0 Å². The van der Waals surface area contributed by atoms with Gasteiger partial charge in [0.15, 0.2) is 5.78 Å². The van der Waals surface area contributed by atoms with Crippen LogP contribution in [0.25, 0.3) is 0 Å². The van der Waals surface area contributed by atoms with Crippen LogP contribution in [-0.4, -0.2) is 36.9 Å². The highest BCUT2D eigenvalue weighted by molar-refractivity contribution is 6.14. The molecule has 2 aliphatic rings. The second kappa shape index (κ2) is 5.64. The van der Waals surface area contributed by atoms with Gasteiger partial charge in [-0.05, 0) is 12.3 Å². The number of carbonyl (C=O) groups excluding carboxylic acids is 3. The number of carbonyl (C=O) groups is 3. The minimum Gasteiger partial charge on any atom is -0.459 e. The van der Waals surface area contributed by atoms with Gasteiger partial charge >= 0.3 is 5.97 Å². The maximum absolute atomic E-state index is 12.1. The van der Waals surface area contributed by atoms with E-state index in [4.69, 9.17) is 9.47 Å². The Balaban J connectivity index is 2.01. The largest absolute Gasteiger partial charge is 0.459 e. The lowest BCUT2D eigenvalue weighted by atomic mass is 9.67. The number of ether oxygens (including phenoxy) is 2. The first-order valence-corrected chi connectivity index (χ1v) is 7.20. The second-order valence-corrected chi connectivity index (χ2v) is 6.42. The van der Waals surface area contributed by atoms with E-state index in [1.54, 1.807) is 6.92 Å². The summed E-state index contributed by atoms with van der Waals surface area (Å²) in [4.78, 5) is 35.8. The van der Waals surface area contributed by atoms with Crippen molar-refractivity contribution in [2.75, 3.05) is 13.2 Å². The maximum Gasteiger partial charge on any atom is 0.320 e. The zero-order valence-electron chi connectivity index (χ0n) is 12.3. The molecule has 1 saturated heterocycles. The van der Waals surface area contributed by atoms with Crippen molar-refractivity contribution in [2.45, 2.75) is 46.1 Å². The molecule has 1 heterocycles. The summed E-state index contributed by atoms with van der Waals surface area (Å²) in [5.41, 5.74) is -1.10. The summed E-state index contributed by atoms with van der Waals surface area (Å²) in [6.07, 6.45) is 0.117. The van der Waals surface area contributed by atoms with E-state index in [1.165, 1.54) is 0 Å². The van der Waals surface area contributed by atoms with Gasteiger partial charge < -0.3 is 9.47 Å². The topological polar surface area (TPSA) is 69.7 Å². The first kappa shape index (κ1) is 15.2. The standard InChI is InChI=1S/C15H22O5/c1-9(2)7-19-8-11-6-15(14(18)20-11)5-10(3)12(16)4-13(15)17/h9-11H,4-8H2,1-3H3/t10-,11-,15-/m1/s1. The third-order valence-corrected chi connectivity index (χ3v) is 4.07. The van der Waals surface area contributed by atoms with Gasteiger partial charge in [0.1, 0.15) is 17.3 Å². The number of esters is 1. The third-order valence-electron chi connectivity index (χ3n) is 4.07. The van der Waals surface area contributed by atoms with E-state index >= 15 is 0 Å². The Labute approximate surface area is 119 Å². The van der Waals surface area contributed by atoms with Crippen molar-refractivity contribution in [3.8, 4) is 0 Å². The quantitative estimate of drug-likeness (QED) is 0.577. The highest BCUT2D eigenvalue weighted by Gasteiger charge is 2.57. The highest BCUT2D eigenvalue weighted by Crippen LogP contribution is 2.44. The lowest BCUT2D eigenvalue weighted by Gasteiger charge is -2.30. The van der Waals surface area contributed by atoms with Gasteiger partial charge in [0.05, 0.1) is 13.0 Å². The Hall–Kier alpha value is -1.23. The molecule has 3 atom stereocenters. The van der Waals surface area contributed by atoms with Gasteiger partial charge in [-0.25, -0.2) is 0 Å². The van der Waals surface area contributed by atoms with Crippen LogP contribution in [0.15, 0.2) is 0 Å². The molecule has 5 nitrogen and oxygen atoms in total. The smallest absolute Gasteiger partial charge is 0.320 e. The molecule has 0 aromatic heterocycles. The van der Waals surface area contributed by atoms with Gasteiger partial charge in [0, 0.05) is 18.9 Å². The highest BCUT2D eigenvalue weighted by atomic mass is 16.6. The Kier molecular flexibility index (Phi) is 4.28. The molecule has 0 aromatic rings. The number of Topliss-reactive ketones (excluding diaryl/α,β-unsaturated/α-hetero) is 2. The molecular weight excluding hydrogens is 260 g/mol. The van der Waals surface area contributed by atoms with E-state index in [1.807, 2.05) is 13.8 Å². The fourth-order valence-electron chi connectivity index (χ4n) is 2.95. The van der Waals surface area contributed by atoms with Crippen LogP contribution in [0.1, 0.15) is 40.0 Å². The fraction of sp³-hybridized carbons (Fsp3) is 0.800. The number of hydrogen-bond donors (Lipinski definition) is 0. The van der Waals surface area contributed by atoms with Crippen molar-refractivity contribution in [3.63, 3.8) is 0 Å². The van der Waals surface area contributed by atoms with Crippen molar-refractivity contribution in [2.24, 2.45) is 17.3 Å². The molecule has 1 aliphatic carbocycles. The summed E-state index contributed by atoms with van der Waals surface area (Å²) >= 11 is 0. The average molecular weight is 282 g/mol. The van der Waals surface area contributed by atoms with Crippen molar-refractivity contribution >= 4 is 17.5 Å². The molecule has 0 aromatic carbocycles. The zero-order valence-corrected chi connectivity index (χ0v) is 12.3. The van der Waals surface area contributed by atoms with Gasteiger partial charge in [-0.15, -0.1) is 0 Å². The van der Waals surface area contributed by atoms with Crippen LogP contribution in [0.5, 0.6) is 0 Å². The van der Waals surface area contributed by atoms with E-state index in [-0.39, 0.29) is 36.4 Å². The molecule has 0 N–H and O–H groups in total. The number of rotatable bonds is 4. The molecule has 112 valence electrons. The van der Waals surface area contributed by atoms with Gasteiger partial charge in [0.2, 0.25) is 0 Å².